The number of methoxy groups -OCH3 is 1. The Morgan fingerprint density at radius 2 is 1.71 bits per heavy atom. The Balaban J connectivity index is 0.00000103. The quantitative estimate of drug-likeness (QED) is 0.361. The molecular formula is C33H60O. The Kier molecular flexibility index (Phi) is 8.92. The summed E-state index contributed by atoms with van der Waals surface area (Å²) in [6.07, 6.45) is 17.8. The lowest BCUT2D eigenvalue weighted by molar-refractivity contribution is -0.110. The van der Waals surface area contributed by atoms with E-state index >= 15 is 0 Å². The van der Waals surface area contributed by atoms with Crippen LogP contribution in [0, 0.1) is 39.9 Å². The van der Waals surface area contributed by atoms with Crippen LogP contribution in [0.5, 0.6) is 0 Å². The van der Waals surface area contributed by atoms with E-state index in [1.54, 1.807) is 0 Å². The molecule has 34 heavy (non-hydrogen) atoms. The SMILES string of the molecule is CCC.CO[C@H]1CC[C@]2(C)C3=C(CCC2C1(C)C)C1CCC([C@H](C)CCC=C(C)C)[C@@]1(C)CC3.[HH]. The van der Waals surface area contributed by atoms with E-state index < -0.39 is 0 Å². The molecule has 4 rings (SSSR count). The molecule has 0 spiro atoms. The normalized spacial score (nSPS) is 39.2. The summed E-state index contributed by atoms with van der Waals surface area (Å²) in [5, 5.41) is 0. The highest BCUT2D eigenvalue weighted by molar-refractivity contribution is 5.35. The molecule has 0 heterocycles. The van der Waals surface area contributed by atoms with Gasteiger partial charge in [0, 0.05) is 8.54 Å². The minimum absolute atomic E-state index is 0. The van der Waals surface area contributed by atoms with Crippen molar-refractivity contribution in [2.24, 2.45) is 39.9 Å². The van der Waals surface area contributed by atoms with Crippen LogP contribution >= 0.6 is 0 Å². The molecule has 198 valence electrons. The molecule has 0 aromatic heterocycles. The smallest absolute Gasteiger partial charge is 0.0625 e. The van der Waals surface area contributed by atoms with Gasteiger partial charge in [-0.1, -0.05) is 77.7 Å². The first-order valence-electron chi connectivity index (χ1n) is 14.9. The van der Waals surface area contributed by atoms with Gasteiger partial charge >= 0.3 is 0 Å². The van der Waals surface area contributed by atoms with Gasteiger partial charge in [0.1, 0.15) is 0 Å². The summed E-state index contributed by atoms with van der Waals surface area (Å²) in [6.45, 7) is 21.6. The molecule has 1 heteroatoms. The molecule has 2 fully saturated rings. The number of ether oxygens (including phenoxy) is 1. The van der Waals surface area contributed by atoms with Crippen molar-refractivity contribution < 1.29 is 6.16 Å². The second-order valence-corrected chi connectivity index (χ2v) is 13.9. The van der Waals surface area contributed by atoms with Crippen LogP contribution in [0.4, 0.5) is 0 Å². The summed E-state index contributed by atoms with van der Waals surface area (Å²) in [4.78, 5) is 0. The van der Waals surface area contributed by atoms with Crippen LogP contribution in [0.2, 0.25) is 0 Å². The lowest BCUT2D eigenvalue weighted by atomic mass is 9.46. The zero-order chi connectivity index (χ0) is 25.3. The third kappa shape index (κ3) is 4.86. The summed E-state index contributed by atoms with van der Waals surface area (Å²) < 4.78 is 5.99. The number of fused-ring (bicyclic) bond motifs is 4. The van der Waals surface area contributed by atoms with Crippen LogP contribution in [-0.2, 0) is 4.74 Å². The third-order valence-electron chi connectivity index (χ3n) is 11.1. The van der Waals surface area contributed by atoms with E-state index in [0.29, 0.717) is 22.3 Å². The fourth-order valence-corrected chi connectivity index (χ4v) is 9.51. The molecule has 0 saturated heterocycles. The van der Waals surface area contributed by atoms with Crippen molar-refractivity contribution in [2.75, 3.05) is 7.11 Å². The highest BCUT2D eigenvalue weighted by Gasteiger charge is 2.59. The maximum atomic E-state index is 5.99. The van der Waals surface area contributed by atoms with E-state index in [0.717, 1.165) is 23.7 Å². The largest absolute Gasteiger partial charge is 0.381 e. The summed E-state index contributed by atoms with van der Waals surface area (Å²) in [5.41, 5.74) is 6.60. The van der Waals surface area contributed by atoms with Crippen LogP contribution in [0.15, 0.2) is 22.8 Å². The van der Waals surface area contributed by atoms with Crippen LogP contribution < -0.4 is 0 Å². The molecule has 0 aromatic carbocycles. The zero-order valence-electron chi connectivity index (χ0n) is 24.7. The number of allylic oxidation sites excluding steroid dienone is 4. The Morgan fingerprint density at radius 3 is 2.32 bits per heavy atom. The van der Waals surface area contributed by atoms with Gasteiger partial charge in [0.25, 0.3) is 0 Å². The Hall–Kier alpha value is -0.560. The Morgan fingerprint density at radius 1 is 1.03 bits per heavy atom. The molecule has 2 saturated carbocycles. The minimum Gasteiger partial charge on any atom is -0.381 e. The van der Waals surface area contributed by atoms with Gasteiger partial charge in [0.15, 0.2) is 0 Å². The van der Waals surface area contributed by atoms with Gasteiger partial charge in [-0.05, 0) is 118 Å². The molecule has 3 unspecified atom stereocenters. The van der Waals surface area contributed by atoms with Crippen molar-refractivity contribution in [3.05, 3.63) is 22.8 Å². The lowest BCUT2D eigenvalue weighted by Crippen LogP contribution is -2.54. The molecule has 1 nitrogen and oxygen atoms in total. The van der Waals surface area contributed by atoms with Crippen molar-refractivity contribution in [1.82, 2.24) is 0 Å². The molecule has 0 aromatic rings. The summed E-state index contributed by atoms with van der Waals surface area (Å²) >= 11 is 0. The highest BCUT2D eigenvalue weighted by Crippen LogP contribution is 2.68. The molecule has 7 atom stereocenters. The van der Waals surface area contributed by atoms with E-state index in [1.165, 1.54) is 76.2 Å². The van der Waals surface area contributed by atoms with Crippen molar-refractivity contribution in [1.29, 1.82) is 0 Å². The Bertz CT molecular complexity index is 759. The van der Waals surface area contributed by atoms with E-state index in [-0.39, 0.29) is 1.43 Å². The first-order valence-corrected chi connectivity index (χ1v) is 14.9. The van der Waals surface area contributed by atoms with E-state index in [4.69, 9.17) is 4.74 Å². The molecule has 0 bridgehead atoms. The number of hydrogen-bond acceptors (Lipinski definition) is 1. The van der Waals surface area contributed by atoms with Crippen molar-refractivity contribution in [2.45, 2.75) is 139 Å². The molecule has 0 N–H and O–H groups in total. The van der Waals surface area contributed by atoms with Gasteiger partial charge in [0.2, 0.25) is 0 Å². The molecule has 0 aliphatic heterocycles. The van der Waals surface area contributed by atoms with Crippen LogP contribution in [-0.4, -0.2) is 13.2 Å². The monoisotopic (exact) mass is 472 g/mol. The van der Waals surface area contributed by atoms with Crippen molar-refractivity contribution in [3.8, 4) is 0 Å². The molecule has 0 radical (unpaired) electrons. The van der Waals surface area contributed by atoms with Gasteiger partial charge in [-0.25, -0.2) is 0 Å². The lowest BCUT2D eigenvalue weighted by Gasteiger charge is -2.60. The average Bonchev–Trinajstić information content (AvgIpc) is 3.11. The predicted octanol–water partition coefficient (Wildman–Crippen LogP) is 10.4. The summed E-state index contributed by atoms with van der Waals surface area (Å²) in [6, 6.07) is 0. The summed E-state index contributed by atoms with van der Waals surface area (Å²) in [5.74, 6) is 3.43. The zero-order valence-corrected chi connectivity index (χ0v) is 24.7. The van der Waals surface area contributed by atoms with Crippen LogP contribution in [0.3, 0.4) is 0 Å². The molecule has 0 amide bonds. The molecule has 4 aliphatic carbocycles. The minimum atomic E-state index is 0. The van der Waals surface area contributed by atoms with Gasteiger partial charge in [-0.2, -0.15) is 0 Å². The van der Waals surface area contributed by atoms with Gasteiger partial charge in [0.05, 0.1) is 6.10 Å². The Labute approximate surface area is 215 Å². The fraction of sp³-hybridized carbons (Fsp3) is 0.879. The standard InChI is InChI=1S/C30H50O.C3H8.H2/c1-20(2)10-9-11-21(3)23-13-14-24-22-12-15-26-28(4,5)27(31-8)17-19-30(26,7)25(22)16-18-29(23,24)6;1-3-2;/h10,21,23-24,26-27H,9,11-19H2,1-8H3;3H2,1-2H3;1H/t21-,23?,24?,26?,27+,29-,30-;;/m1../s1. The first-order chi connectivity index (χ1) is 16.0. The molecule has 4 aliphatic rings. The maximum Gasteiger partial charge on any atom is 0.0625 e. The van der Waals surface area contributed by atoms with Crippen LogP contribution in [0.1, 0.15) is 134 Å². The molecular weight excluding hydrogens is 412 g/mol. The fourth-order valence-electron chi connectivity index (χ4n) is 9.51. The maximum absolute atomic E-state index is 5.99. The first kappa shape index (κ1) is 28.0. The predicted molar refractivity (Wildman–Crippen MR) is 151 cm³/mol. The summed E-state index contributed by atoms with van der Waals surface area (Å²) in [7, 11) is 1.94. The number of rotatable bonds is 5. The number of hydrogen-bond donors (Lipinski definition) is 0. The second kappa shape index (κ2) is 10.8. The topological polar surface area (TPSA) is 9.23 Å². The average molecular weight is 473 g/mol. The van der Waals surface area contributed by atoms with Crippen molar-refractivity contribution >= 4 is 0 Å². The van der Waals surface area contributed by atoms with E-state index in [2.05, 4.69) is 68.4 Å². The van der Waals surface area contributed by atoms with Gasteiger partial charge in [-0.15, -0.1) is 0 Å². The highest BCUT2D eigenvalue weighted by atomic mass is 16.5. The van der Waals surface area contributed by atoms with Crippen LogP contribution in [0.25, 0.3) is 0 Å². The van der Waals surface area contributed by atoms with Crippen molar-refractivity contribution in [3.63, 3.8) is 0 Å². The second-order valence-electron chi connectivity index (χ2n) is 13.9. The third-order valence-corrected chi connectivity index (χ3v) is 11.1. The van der Waals surface area contributed by atoms with Gasteiger partial charge in [-0.3, -0.25) is 0 Å². The van der Waals surface area contributed by atoms with E-state index in [9.17, 15) is 0 Å². The van der Waals surface area contributed by atoms with E-state index in [1.807, 2.05) is 18.3 Å². The van der Waals surface area contributed by atoms with Gasteiger partial charge < -0.3 is 4.74 Å².